The molecule has 0 amide bonds. The van der Waals surface area contributed by atoms with Gasteiger partial charge in [-0.3, -0.25) is 9.69 Å². The second-order valence-electron chi connectivity index (χ2n) is 3.00. The number of nitrogens with zero attached hydrogens (tertiary/aromatic N) is 1. The first-order valence-electron chi connectivity index (χ1n) is 4.44. The molecule has 0 aromatic heterocycles. The maximum absolute atomic E-state index is 10.2. The standard InChI is InChI=1S/C8H17NO5/c10-3-1-9(2-4-11)6-7(12)5-8(13)14/h7,10-12H,1-6H2,(H,13,14). The molecule has 0 aromatic carbocycles. The van der Waals surface area contributed by atoms with Crippen molar-refractivity contribution < 1.29 is 25.2 Å². The number of rotatable bonds is 8. The first-order valence-corrected chi connectivity index (χ1v) is 4.44. The van der Waals surface area contributed by atoms with Crippen LogP contribution in [0.15, 0.2) is 0 Å². The van der Waals surface area contributed by atoms with Gasteiger partial charge in [0.25, 0.3) is 0 Å². The molecule has 0 aliphatic carbocycles. The van der Waals surface area contributed by atoms with E-state index in [1.54, 1.807) is 4.90 Å². The summed E-state index contributed by atoms with van der Waals surface area (Å²) >= 11 is 0. The van der Waals surface area contributed by atoms with Gasteiger partial charge in [0.15, 0.2) is 0 Å². The van der Waals surface area contributed by atoms with Crippen molar-refractivity contribution in [3.05, 3.63) is 0 Å². The molecule has 1 unspecified atom stereocenters. The number of aliphatic carboxylic acids is 1. The van der Waals surface area contributed by atoms with Gasteiger partial charge >= 0.3 is 5.97 Å². The van der Waals surface area contributed by atoms with Crippen LogP contribution in [-0.4, -0.2) is 70.2 Å². The number of hydrogen-bond acceptors (Lipinski definition) is 5. The molecule has 0 spiro atoms. The Morgan fingerprint density at radius 1 is 1.21 bits per heavy atom. The van der Waals surface area contributed by atoms with Crippen molar-refractivity contribution in [2.24, 2.45) is 0 Å². The molecule has 0 fully saturated rings. The fraction of sp³-hybridized carbons (Fsp3) is 0.875. The Balaban J connectivity index is 3.81. The predicted molar refractivity (Wildman–Crippen MR) is 48.9 cm³/mol. The molecule has 4 N–H and O–H groups in total. The monoisotopic (exact) mass is 207 g/mol. The molecule has 84 valence electrons. The van der Waals surface area contributed by atoms with E-state index >= 15 is 0 Å². The molecule has 0 bridgehead atoms. The normalized spacial score (nSPS) is 13.1. The van der Waals surface area contributed by atoms with Crippen LogP contribution in [0, 0.1) is 0 Å². The van der Waals surface area contributed by atoms with Crippen molar-refractivity contribution in [2.45, 2.75) is 12.5 Å². The molecule has 6 heteroatoms. The minimum absolute atomic E-state index is 0.0835. The van der Waals surface area contributed by atoms with Gasteiger partial charge in [0.1, 0.15) is 0 Å². The minimum Gasteiger partial charge on any atom is -0.481 e. The zero-order chi connectivity index (χ0) is 11.0. The van der Waals surface area contributed by atoms with Crippen molar-refractivity contribution >= 4 is 5.97 Å². The van der Waals surface area contributed by atoms with E-state index in [-0.39, 0.29) is 26.2 Å². The highest BCUT2D eigenvalue weighted by atomic mass is 16.4. The number of aliphatic hydroxyl groups excluding tert-OH is 3. The fourth-order valence-electron chi connectivity index (χ4n) is 1.14. The SMILES string of the molecule is O=C(O)CC(O)CN(CCO)CCO. The second kappa shape index (κ2) is 7.69. The van der Waals surface area contributed by atoms with Crippen molar-refractivity contribution in [3.63, 3.8) is 0 Å². The Bertz CT molecular complexity index is 158. The lowest BCUT2D eigenvalue weighted by atomic mass is 10.2. The van der Waals surface area contributed by atoms with Crippen LogP contribution in [0.1, 0.15) is 6.42 Å². The molecular formula is C8H17NO5. The zero-order valence-electron chi connectivity index (χ0n) is 7.96. The molecule has 0 aromatic rings. The smallest absolute Gasteiger partial charge is 0.306 e. The van der Waals surface area contributed by atoms with Crippen molar-refractivity contribution in [1.29, 1.82) is 0 Å². The lowest BCUT2D eigenvalue weighted by Crippen LogP contribution is -2.37. The van der Waals surface area contributed by atoms with E-state index in [0.29, 0.717) is 13.1 Å². The van der Waals surface area contributed by atoms with Gasteiger partial charge in [0.2, 0.25) is 0 Å². The lowest BCUT2D eigenvalue weighted by Gasteiger charge is -2.22. The first kappa shape index (κ1) is 13.3. The van der Waals surface area contributed by atoms with Gasteiger partial charge < -0.3 is 20.4 Å². The molecule has 0 radical (unpaired) electrons. The topological polar surface area (TPSA) is 101 Å². The molecule has 14 heavy (non-hydrogen) atoms. The highest BCUT2D eigenvalue weighted by Crippen LogP contribution is 1.96. The van der Waals surface area contributed by atoms with Crippen LogP contribution < -0.4 is 0 Å². The van der Waals surface area contributed by atoms with E-state index < -0.39 is 12.1 Å². The summed E-state index contributed by atoms with van der Waals surface area (Å²) in [4.78, 5) is 11.8. The number of aliphatic hydroxyl groups is 3. The minimum atomic E-state index is -1.06. The third kappa shape index (κ3) is 6.79. The Morgan fingerprint density at radius 2 is 1.71 bits per heavy atom. The highest BCUT2D eigenvalue weighted by Gasteiger charge is 2.13. The Morgan fingerprint density at radius 3 is 2.07 bits per heavy atom. The van der Waals surface area contributed by atoms with Gasteiger partial charge in [-0.15, -0.1) is 0 Å². The van der Waals surface area contributed by atoms with E-state index in [1.165, 1.54) is 0 Å². The average molecular weight is 207 g/mol. The zero-order valence-corrected chi connectivity index (χ0v) is 7.96. The van der Waals surface area contributed by atoms with Gasteiger partial charge in [-0.2, -0.15) is 0 Å². The number of carboxylic acid groups (broad SMARTS) is 1. The molecule has 1 atom stereocenters. The van der Waals surface area contributed by atoms with Crippen LogP contribution in [0.4, 0.5) is 0 Å². The van der Waals surface area contributed by atoms with Crippen LogP contribution in [0.3, 0.4) is 0 Å². The second-order valence-corrected chi connectivity index (χ2v) is 3.00. The highest BCUT2D eigenvalue weighted by molar-refractivity contribution is 5.67. The van der Waals surface area contributed by atoms with E-state index in [2.05, 4.69) is 0 Å². The Hall–Kier alpha value is -0.690. The fourth-order valence-corrected chi connectivity index (χ4v) is 1.14. The largest absolute Gasteiger partial charge is 0.481 e. The van der Waals surface area contributed by atoms with Gasteiger partial charge in [0, 0.05) is 19.6 Å². The molecular weight excluding hydrogens is 190 g/mol. The van der Waals surface area contributed by atoms with Gasteiger partial charge in [-0.25, -0.2) is 0 Å². The Labute approximate surface area is 82.4 Å². The van der Waals surface area contributed by atoms with Crippen molar-refractivity contribution in [2.75, 3.05) is 32.8 Å². The summed E-state index contributed by atoms with van der Waals surface area (Å²) in [6.07, 6.45) is -1.29. The van der Waals surface area contributed by atoms with Gasteiger partial charge in [-0.05, 0) is 0 Å². The third-order valence-electron chi connectivity index (χ3n) is 1.71. The van der Waals surface area contributed by atoms with E-state index in [9.17, 15) is 9.90 Å². The summed E-state index contributed by atoms with van der Waals surface area (Å²) in [6.45, 7) is 0.613. The van der Waals surface area contributed by atoms with Crippen molar-refractivity contribution in [1.82, 2.24) is 4.90 Å². The average Bonchev–Trinajstić information content (AvgIpc) is 2.03. The van der Waals surface area contributed by atoms with Gasteiger partial charge in [-0.1, -0.05) is 0 Å². The quantitative estimate of drug-likeness (QED) is 0.371. The lowest BCUT2D eigenvalue weighted by molar-refractivity contribution is -0.139. The molecule has 0 saturated carbocycles. The molecule has 0 heterocycles. The van der Waals surface area contributed by atoms with Crippen molar-refractivity contribution in [3.8, 4) is 0 Å². The number of hydrogen-bond donors (Lipinski definition) is 4. The summed E-state index contributed by atoms with van der Waals surface area (Å²) < 4.78 is 0. The molecule has 6 nitrogen and oxygen atoms in total. The van der Waals surface area contributed by atoms with E-state index in [1.807, 2.05) is 0 Å². The third-order valence-corrected chi connectivity index (χ3v) is 1.71. The summed E-state index contributed by atoms with van der Waals surface area (Å²) in [7, 11) is 0. The Kier molecular flexibility index (Phi) is 7.31. The van der Waals surface area contributed by atoms with Crippen LogP contribution in [0.25, 0.3) is 0 Å². The predicted octanol–water partition coefficient (Wildman–Crippen LogP) is -1.89. The summed E-state index contributed by atoms with van der Waals surface area (Å²) in [5, 5.41) is 34.9. The van der Waals surface area contributed by atoms with E-state index in [0.717, 1.165) is 0 Å². The maximum atomic E-state index is 10.2. The molecule has 0 aliphatic heterocycles. The van der Waals surface area contributed by atoms with E-state index in [4.69, 9.17) is 15.3 Å². The maximum Gasteiger partial charge on any atom is 0.306 e. The molecule has 0 rings (SSSR count). The van der Waals surface area contributed by atoms with Gasteiger partial charge in [0.05, 0.1) is 25.7 Å². The first-order chi connectivity index (χ1) is 6.60. The number of carboxylic acids is 1. The molecule has 0 aliphatic rings. The summed E-state index contributed by atoms with van der Waals surface area (Å²) in [5.74, 6) is -1.06. The number of carbonyl (C=O) groups is 1. The summed E-state index contributed by atoms with van der Waals surface area (Å²) in [6, 6.07) is 0. The van der Waals surface area contributed by atoms with Crippen LogP contribution >= 0.6 is 0 Å². The molecule has 0 saturated heterocycles. The van der Waals surface area contributed by atoms with Crippen LogP contribution in [-0.2, 0) is 4.79 Å². The summed E-state index contributed by atoms with van der Waals surface area (Å²) in [5.41, 5.74) is 0. The van der Waals surface area contributed by atoms with Crippen LogP contribution in [0.2, 0.25) is 0 Å². The van der Waals surface area contributed by atoms with Crippen LogP contribution in [0.5, 0.6) is 0 Å².